The van der Waals surface area contributed by atoms with Gasteiger partial charge in [-0.1, -0.05) is 36.4 Å². The largest absolute Gasteiger partial charge is 0.340 e. The highest BCUT2D eigenvalue weighted by molar-refractivity contribution is 5.86. The molecular weight excluding hydrogens is 358 g/mol. The van der Waals surface area contributed by atoms with Crippen molar-refractivity contribution in [2.24, 2.45) is 5.92 Å². The van der Waals surface area contributed by atoms with Crippen molar-refractivity contribution in [2.45, 2.75) is 6.42 Å². The van der Waals surface area contributed by atoms with Crippen molar-refractivity contribution in [1.82, 2.24) is 19.8 Å². The molecule has 150 valence electrons. The maximum Gasteiger partial charge on any atom is 0.225 e. The molecule has 0 saturated carbocycles. The second kappa shape index (κ2) is 8.09. The summed E-state index contributed by atoms with van der Waals surface area (Å²) < 4.78 is 0. The molecule has 0 radical (unpaired) electrons. The Balaban J connectivity index is 1.28. The van der Waals surface area contributed by atoms with E-state index in [1.807, 2.05) is 12.3 Å². The van der Waals surface area contributed by atoms with Crippen molar-refractivity contribution in [3.8, 4) is 11.3 Å². The van der Waals surface area contributed by atoms with Crippen LogP contribution in [0.5, 0.6) is 0 Å². The number of anilines is 1. The lowest BCUT2D eigenvalue weighted by molar-refractivity contribution is 0.139. The number of hydrogen-bond donors (Lipinski definition) is 0. The van der Waals surface area contributed by atoms with Crippen LogP contribution in [0.1, 0.15) is 6.42 Å². The average molecular weight is 388 g/mol. The molecule has 2 saturated heterocycles. The second-order valence-corrected chi connectivity index (χ2v) is 8.51. The van der Waals surface area contributed by atoms with Gasteiger partial charge in [-0.2, -0.15) is 0 Å². The molecule has 2 fully saturated rings. The summed E-state index contributed by atoms with van der Waals surface area (Å²) in [5, 5.41) is 2.51. The number of fused-ring (bicyclic) bond motifs is 1. The number of hydrogen-bond acceptors (Lipinski definition) is 5. The van der Waals surface area contributed by atoms with E-state index in [2.05, 4.69) is 69.2 Å². The van der Waals surface area contributed by atoms with Crippen LogP contribution in [0.15, 0.2) is 54.7 Å². The van der Waals surface area contributed by atoms with Gasteiger partial charge in [0.1, 0.15) is 0 Å². The van der Waals surface area contributed by atoms with Crippen LogP contribution in [0, 0.1) is 5.92 Å². The van der Waals surface area contributed by atoms with Gasteiger partial charge < -0.3 is 14.7 Å². The van der Waals surface area contributed by atoms with Crippen molar-refractivity contribution >= 4 is 16.7 Å². The predicted molar refractivity (Wildman–Crippen MR) is 119 cm³/mol. The Morgan fingerprint density at radius 2 is 1.76 bits per heavy atom. The van der Waals surface area contributed by atoms with Gasteiger partial charge in [-0.25, -0.2) is 9.97 Å². The molecule has 5 rings (SSSR count). The molecule has 0 aliphatic carbocycles. The normalized spacial score (nSPS) is 21.1. The summed E-state index contributed by atoms with van der Waals surface area (Å²) in [6.45, 7) is 8.09. The summed E-state index contributed by atoms with van der Waals surface area (Å²) >= 11 is 0. The molecule has 2 aliphatic rings. The van der Waals surface area contributed by atoms with Crippen LogP contribution in [0.3, 0.4) is 0 Å². The van der Waals surface area contributed by atoms with Crippen molar-refractivity contribution in [3.63, 3.8) is 0 Å². The maximum atomic E-state index is 4.92. The Hall–Kier alpha value is -2.50. The van der Waals surface area contributed by atoms with E-state index in [0.717, 1.165) is 30.3 Å². The third-order valence-corrected chi connectivity index (χ3v) is 6.37. The molecule has 0 unspecified atom stereocenters. The quantitative estimate of drug-likeness (QED) is 0.686. The zero-order valence-corrected chi connectivity index (χ0v) is 17.2. The lowest BCUT2D eigenvalue weighted by Crippen LogP contribution is -2.46. The fourth-order valence-corrected chi connectivity index (χ4v) is 4.57. The highest BCUT2D eigenvalue weighted by atomic mass is 15.3. The van der Waals surface area contributed by atoms with Crippen molar-refractivity contribution in [2.75, 3.05) is 57.8 Å². The summed E-state index contributed by atoms with van der Waals surface area (Å²) in [6.07, 6.45) is 3.14. The first-order valence-electron chi connectivity index (χ1n) is 10.7. The van der Waals surface area contributed by atoms with Crippen LogP contribution in [-0.4, -0.2) is 72.6 Å². The predicted octanol–water partition coefficient (Wildman–Crippen LogP) is 3.37. The molecule has 3 heterocycles. The average Bonchev–Trinajstić information content (AvgIpc) is 3.24. The zero-order chi connectivity index (χ0) is 19.6. The van der Waals surface area contributed by atoms with Crippen LogP contribution >= 0.6 is 0 Å². The first-order valence-corrected chi connectivity index (χ1v) is 10.7. The highest BCUT2D eigenvalue weighted by Gasteiger charge is 2.27. The Kier molecular flexibility index (Phi) is 5.17. The van der Waals surface area contributed by atoms with Crippen LogP contribution in [0.25, 0.3) is 22.0 Å². The molecule has 3 aromatic rings. The molecule has 5 heteroatoms. The van der Waals surface area contributed by atoms with E-state index in [-0.39, 0.29) is 0 Å². The van der Waals surface area contributed by atoms with Gasteiger partial charge in [0.25, 0.3) is 0 Å². The number of nitrogens with zero attached hydrogens (tertiary/aromatic N) is 5. The van der Waals surface area contributed by atoms with E-state index in [0.29, 0.717) is 5.92 Å². The molecule has 2 aromatic carbocycles. The third kappa shape index (κ3) is 4.11. The van der Waals surface area contributed by atoms with Crippen LogP contribution in [-0.2, 0) is 0 Å². The molecule has 0 spiro atoms. The topological polar surface area (TPSA) is 35.5 Å². The second-order valence-electron chi connectivity index (χ2n) is 8.51. The van der Waals surface area contributed by atoms with Gasteiger partial charge in [-0.15, -0.1) is 0 Å². The zero-order valence-electron chi connectivity index (χ0n) is 17.2. The standard InChI is InChI=1S/C24H29N5/c1-27-12-14-28(15-13-27)17-19-9-11-29(18-19)24-25-10-8-23(26-24)22-7-6-20-4-2-3-5-21(20)16-22/h2-8,10,16,19H,9,11-15,17-18H2,1H3/t19-/m1/s1. The van der Waals surface area contributed by atoms with Crippen molar-refractivity contribution < 1.29 is 0 Å². The summed E-state index contributed by atoms with van der Waals surface area (Å²) in [6, 6.07) is 17.1. The van der Waals surface area contributed by atoms with Crippen LogP contribution < -0.4 is 4.90 Å². The lowest BCUT2D eigenvalue weighted by Gasteiger charge is -2.33. The van der Waals surface area contributed by atoms with E-state index in [4.69, 9.17) is 4.98 Å². The maximum absolute atomic E-state index is 4.92. The fraction of sp³-hybridized carbons (Fsp3) is 0.417. The first kappa shape index (κ1) is 18.5. The van der Waals surface area contributed by atoms with Crippen molar-refractivity contribution in [1.29, 1.82) is 0 Å². The summed E-state index contributed by atoms with van der Waals surface area (Å²) in [7, 11) is 2.22. The summed E-state index contributed by atoms with van der Waals surface area (Å²) in [5.74, 6) is 1.59. The van der Waals surface area contributed by atoms with Gasteiger partial charge in [0.15, 0.2) is 0 Å². The third-order valence-electron chi connectivity index (χ3n) is 6.37. The Morgan fingerprint density at radius 3 is 2.62 bits per heavy atom. The molecule has 29 heavy (non-hydrogen) atoms. The molecule has 1 atom stereocenters. The van der Waals surface area contributed by atoms with Gasteiger partial charge >= 0.3 is 0 Å². The number of piperazine rings is 1. The van der Waals surface area contributed by atoms with Gasteiger partial charge in [-0.3, -0.25) is 0 Å². The van der Waals surface area contributed by atoms with E-state index in [1.165, 1.54) is 49.9 Å². The Morgan fingerprint density at radius 1 is 0.931 bits per heavy atom. The van der Waals surface area contributed by atoms with E-state index < -0.39 is 0 Å². The molecule has 2 aliphatic heterocycles. The highest BCUT2D eigenvalue weighted by Crippen LogP contribution is 2.26. The van der Waals surface area contributed by atoms with E-state index >= 15 is 0 Å². The first-order chi connectivity index (χ1) is 14.2. The number of aromatic nitrogens is 2. The minimum absolute atomic E-state index is 0.714. The number of rotatable bonds is 4. The van der Waals surface area contributed by atoms with E-state index in [9.17, 15) is 0 Å². The van der Waals surface area contributed by atoms with Gasteiger partial charge in [0, 0.05) is 57.6 Å². The summed E-state index contributed by atoms with van der Waals surface area (Å²) in [5.41, 5.74) is 2.16. The minimum Gasteiger partial charge on any atom is -0.340 e. The number of likely N-dealkylation sites (N-methyl/N-ethyl adjacent to an activating group) is 1. The van der Waals surface area contributed by atoms with E-state index in [1.54, 1.807) is 0 Å². The number of benzene rings is 2. The molecule has 0 amide bonds. The van der Waals surface area contributed by atoms with Gasteiger partial charge in [-0.05, 0) is 42.3 Å². The molecular formula is C24H29N5. The molecule has 1 aromatic heterocycles. The SMILES string of the molecule is CN1CCN(C[C@H]2CCN(c3nccc(-c4ccc5ccccc5c4)n3)C2)CC1. The lowest BCUT2D eigenvalue weighted by atomic mass is 10.1. The molecule has 0 N–H and O–H groups in total. The van der Waals surface area contributed by atoms with Gasteiger partial charge in [0.2, 0.25) is 5.95 Å². The minimum atomic E-state index is 0.714. The van der Waals surface area contributed by atoms with Crippen LogP contribution in [0.2, 0.25) is 0 Å². The molecule has 5 nitrogen and oxygen atoms in total. The smallest absolute Gasteiger partial charge is 0.225 e. The molecule has 0 bridgehead atoms. The summed E-state index contributed by atoms with van der Waals surface area (Å²) in [4.78, 5) is 16.9. The Labute approximate surface area is 173 Å². The monoisotopic (exact) mass is 387 g/mol. The van der Waals surface area contributed by atoms with Crippen LogP contribution in [0.4, 0.5) is 5.95 Å². The van der Waals surface area contributed by atoms with Crippen molar-refractivity contribution in [3.05, 3.63) is 54.7 Å². The fourth-order valence-electron chi connectivity index (χ4n) is 4.57. The Bertz CT molecular complexity index is 980. The van der Waals surface area contributed by atoms with Gasteiger partial charge in [0.05, 0.1) is 5.69 Å².